The lowest BCUT2D eigenvalue weighted by Crippen LogP contribution is -2.58. The number of furan rings is 1. The van der Waals surface area contributed by atoms with E-state index in [4.69, 9.17) is 9.15 Å². The van der Waals surface area contributed by atoms with Gasteiger partial charge in [0.25, 0.3) is 0 Å². The molecule has 162 valence electrons. The second-order valence-electron chi connectivity index (χ2n) is 9.32. The number of fused-ring (bicyclic) bond motifs is 1. The molecule has 5 rings (SSSR count). The van der Waals surface area contributed by atoms with Gasteiger partial charge < -0.3 is 14.1 Å². The number of likely N-dealkylation sites (N-methyl/N-ethyl adjacent to an activating group) is 1. The number of benzene rings is 1. The fraction of sp³-hybridized carbons (Fsp3) is 0.625. The van der Waals surface area contributed by atoms with Gasteiger partial charge in [0.15, 0.2) is 0 Å². The van der Waals surface area contributed by atoms with Crippen LogP contribution in [0.25, 0.3) is 11.0 Å². The largest absolute Gasteiger partial charge is 0.464 e. The zero-order valence-corrected chi connectivity index (χ0v) is 17.7. The number of nitrogens with zero attached hydrogens (tertiary/aromatic N) is 2. The van der Waals surface area contributed by atoms with Crippen LogP contribution in [0.5, 0.6) is 0 Å². The van der Waals surface area contributed by atoms with Crippen molar-refractivity contribution in [3.8, 4) is 0 Å². The van der Waals surface area contributed by atoms with Crippen LogP contribution < -0.4 is 0 Å². The molecule has 1 amide bonds. The van der Waals surface area contributed by atoms with E-state index in [0.29, 0.717) is 19.4 Å². The molecule has 0 bridgehead atoms. The van der Waals surface area contributed by atoms with E-state index in [1.165, 1.54) is 0 Å². The van der Waals surface area contributed by atoms with Crippen LogP contribution in [-0.2, 0) is 16.0 Å². The minimum atomic E-state index is -0.757. The maximum absolute atomic E-state index is 14.0. The Balaban J connectivity index is 1.35. The van der Waals surface area contributed by atoms with Crippen LogP contribution in [0.2, 0.25) is 0 Å². The van der Waals surface area contributed by atoms with Gasteiger partial charge in [0, 0.05) is 44.2 Å². The van der Waals surface area contributed by atoms with Gasteiger partial charge in [0.05, 0.1) is 18.3 Å². The Morgan fingerprint density at radius 3 is 2.97 bits per heavy atom. The van der Waals surface area contributed by atoms with Crippen LogP contribution >= 0.6 is 0 Å². The van der Waals surface area contributed by atoms with E-state index in [9.17, 15) is 9.18 Å². The molecule has 0 radical (unpaired) electrons. The summed E-state index contributed by atoms with van der Waals surface area (Å²) in [5, 5.41) is 0.998. The molecule has 30 heavy (non-hydrogen) atoms. The van der Waals surface area contributed by atoms with Crippen molar-refractivity contribution in [1.29, 1.82) is 0 Å². The molecule has 2 aromatic rings. The Morgan fingerprint density at radius 1 is 1.30 bits per heavy atom. The molecule has 1 aromatic heterocycles. The molecule has 1 aliphatic carbocycles. The lowest BCUT2D eigenvalue weighted by molar-refractivity contribution is -0.136. The van der Waals surface area contributed by atoms with Crippen molar-refractivity contribution in [3.05, 3.63) is 36.1 Å². The van der Waals surface area contributed by atoms with Crippen LogP contribution in [0.4, 0.5) is 4.39 Å². The van der Waals surface area contributed by atoms with Crippen molar-refractivity contribution >= 4 is 16.9 Å². The molecule has 6 heteroatoms. The maximum atomic E-state index is 14.0. The first-order valence-corrected chi connectivity index (χ1v) is 11.3. The quantitative estimate of drug-likeness (QED) is 0.760. The minimum absolute atomic E-state index is 0.0676. The summed E-state index contributed by atoms with van der Waals surface area (Å²) in [7, 11) is 1.92. The number of halogens is 1. The predicted molar refractivity (Wildman–Crippen MR) is 113 cm³/mol. The monoisotopic (exact) mass is 414 g/mol. The number of carbonyl (C=O) groups is 1. The molecule has 1 spiro atoms. The van der Waals surface area contributed by atoms with Crippen LogP contribution in [0, 0.1) is 0 Å². The Hall–Kier alpha value is -1.92. The van der Waals surface area contributed by atoms with E-state index >= 15 is 0 Å². The summed E-state index contributed by atoms with van der Waals surface area (Å²) < 4.78 is 25.7. The Labute approximate surface area is 177 Å². The van der Waals surface area contributed by atoms with E-state index in [1.54, 1.807) is 6.26 Å². The molecule has 0 N–H and O–H groups in total. The summed E-state index contributed by atoms with van der Waals surface area (Å²) in [6, 6.07) is 8.04. The van der Waals surface area contributed by atoms with Gasteiger partial charge in [-0.3, -0.25) is 9.69 Å². The van der Waals surface area contributed by atoms with Gasteiger partial charge in [-0.25, -0.2) is 4.39 Å². The number of hydrogen-bond acceptors (Lipinski definition) is 4. The zero-order chi connectivity index (χ0) is 20.7. The maximum Gasteiger partial charge on any atom is 0.227 e. The number of ether oxygens (including phenoxy) is 1. The number of rotatable bonds is 4. The summed E-state index contributed by atoms with van der Waals surface area (Å²) in [6.07, 6.45) is 6.84. The van der Waals surface area contributed by atoms with Crippen LogP contribution in [0.1, 0.15) is 44.1 Å². The highest BCUT2D eigenvalue weighted by Gasteiger charge is 2.48. The molecular formula is C24H31FN2O3. The molecular weight excluding hydrogens is 383 g/mol. The molecule has 4 atom stereocenters. The molecule has 2 saturated heterocycles. The van der Waals surface area contributed by atoms with Crippen LogP contribution in [0.15, 0.2) is 34.9 Å². The lowest BCUT2D eigenvalue weighted by atomic mass is 9.76. The van der Waals surface area contributed by atoms with Gasteiger partial charge in [-0.2, -0.15) is 0 Å². The van der Waals surface area contributed by atoms with E-state index in [-0.39, 0.29) is 23.6 Å². The van der Waals surface area contributed by atoms with Gasteiger partial charge in [0.2, 0.25) is 5.91 Å². The molecule has 1 aromatic carbocycles. The highest BCUT2D eigenvalue weighted by atomic mass is 19.1. The number of alkyl halides is 1. The Kier molecular flexibility index (Phi) is 5.31. The van der Waals surface area contributed by atoms with Gasteiger partial charge in [-0.1, -0.05) is 12.1 Å². The van der Waals surface area contributed by atoms with Gasteiger partial charge in [-0.15, -0.1) is 0 Å². The normalized spacial score (nSPS) is 32.3. The number of hydrogen-bond donors (Lipinski definition) is 0. The highest BCUT2D eigenvalue weighted by Crippen LogP contribution is 2.43. The van der Waals surface area contributed by atoms with Crippen molar-refractivity contribution in [2.45, 2.75) is 68.8 Å². The van der Waals surface area contributed by atoms with Gasteiger partial charge in [0.1, 0.15) is 11.8 Å². The topological polar surface area (TPSA) is 45.9 Å². The Bertz CT molecular complexity index is 907. The standard InChI is InChI=1S/C24H31FN2O3/c1-26(23(28)14-17-4-2-5-22-19(17)8-13-29-22)20-6-10-24(9-3-12-30-24)15-21(20)27-11-7-18(25)16-27/h2,4-5,8,13,18,20-21H,3,6-7,9-12,14-16H2,1H3/t18-,20+,21+,24+/m0/s1. The molecule has 0 unspecified atom stereocenters. The third-order valence-electron chi connectivity index (χ3n) is 7.56. The smallest absolute Gasteiger partial charge is 0.227 e. The molecule has 3 aliphatic rings. The van der Waals surface area contributed by atoms with Gasteiger partial charge >= 0.3 is 0 Å². The lowest BCUT2D eigenvalue weighted by Gasteiger charge is -2.48. The minimum Gasteiger partial charge on any atom is -0.464 e. The third kappa shape index (κ3) is 3.65. The fourth-order valence-corrected chi connectivity index (χ4v) is 5.89. The molecule has 3 heterocycles. The molecule has 1 saturated carbocycles. The summed E-state index contributed by atoms with van der Waals surface area (Å²) in [5.74, 6) is 0.109. The summed E-state index contributed by atoms with van der Waals surface area (Å²) in [4.78, 5) is 17.5. The fourth-order valence-electron chi connectivity index (χ4n) is 5.89. The molecule has 5 nitrogen and oxygen atoms in total. The van der Waals surface area contributed by atoms with E-state index in [2.05, 4.69) is 4.90 Å². The third-order valence-corrected chi connectivity index (χ3v) is 7.56. The van der Waals surface area contributed by atoms with Crippen molar-refractivity contribution < 1.29 is 18.3 Å². The van der Waals surface area contributed by atoms with Crippen molar-refractivity contribution in [2.24, 2.45) is 0 Å². The first kappa shape index (κ1) is 20.0. The number of carbonyl (C=O) groups excluding carboxylic acids is 1. The number of likely N-dealkylation sites (tertiary alicyclic amines) is 1. The predicted octanol–water partition coefficient (Wildman–Crippen LogP) is 3.95. The zero-order valence-electron chi connectivity index (χ0n) is 17.7. The highest BCUT2D eigenvalue weighted by molar-refractivity contribution is 5.87. The first-order valence-electron chi connectivity index (χ1n) is 11.3. The summed E-state index contributed by atoms with van der Waals surface area (Å²) >= 11 is 0. The average Bonchev–Trinajstić information content (AvgIpc) is 3.49. The van der Waals surface area contributed by atoms with E-state index in [0.717, 1.165) is 61.8 Å². The first-order chi connectivity index (χ1) is 14.5. The SMILES string of the molecule is CN(C(=O)Cc1cccc2occc12)[C@@H]1CC[C@]2(CCCO2)C[C@H]1N1CC[C@H](F)C1. The van der Waals surface area contributed by atoms with E-state index < -0.39 is 6.17 Å². The second-order valence-corrected chi connectivity index (χ2v) is 9.32. The van der Waals surface area contributed by atoms with Crippen LogP contribution in [-0.4, -0.2) is 66.3 Å². The summed E-state index contributed by atoms with van der Waals surface area (Å²) in [6.45, 7) is 2.08. The number of amides is 1. The van der Waals surface area contributed by atoms with E-state index in [1.807, 2.05) is 36.2 Å². The van der Waals surface area contributed by atoms with Crippen molar-refractivity contribution in [1.82, 2.24) is 9.80 Å². The van der Waals surface area contributed by atoms with Crippen LogP contribution in [0.3, 0.4) is 0 Å². The summed E-state index contributed by atoms with van der Waals surface area (Å²) in [5.41, 5.74) is 1.73. The second kappa shape index (κ2) is 7.97. The van der Waals surface area contributed by atoms with Crippen molar-refractivity contribution in [3.63, 3.8) is 0 Å². The van der Waals surface area contributed by atoms with Gasteiger partial charge in [-0.05, 0) is 56.2 Å². The molecule has 3 fully saturated rings. The Morgan fingerprint density at radius 2 is 2.20 bits per heavy atom. The average molecular weight is 415 g/mol. The molecule has 2 aliphatic heterocycles. The van der Waals surface area contributed by atoms with Crippen molar-refractivity contribution in [2.75, 3.05) is 26.7 Å².